The average molecular weight is 612 g/mol. The summed E-state index contributed by atoms with van der Waals surface area (Å²) >= 11 is 0. The van der Waals surface area contributed by atoms with Crippen LogP contribution in [0, 0.1) is 11.2 Å². The van der Waals surface area contributed by atoms with Crippen molar-refractivity contribution in [3.05, 3.63) is 29.1 Å². The van der Waals surface area contributed by atoms with Crippen molar-refractivity contribution in [1.82, 2.24) is 20.0 Å². The van der Waals surface area contributed by atoms with Gasteiger partial charge < -0.3 is 19.4 Å². The molecule has 0 bridgehead atoms. The van der Waals surface area contributed by atoms with Gasteiger partial charge in [-0.2, -0.15) is 0 Å². The lowest BCUT2D eigenvalue weighted by molar-refractivity contribution is -0.136. The quantitative estimate of drug-likeness (QED) is 0.518. The van der Waals surface area contributed by atoms with Crippen molar-refractivity contribution in [2.45, 2.75) is 89.8 Å². The van der Waals surface area contributed by atoms with Gasteiger partial charge in [0.05, 0.1) is 16.8 Å². The van der Waals surface area contributed by atoms with Crippen molar-refractivity contribution in [1.29, 1.82) is 0 Å². The van der Waals surface area contributed by atoms with Crippen LogP contribution in [-0.4, -0.2) is 101 Å². The Balaban J connectivity index is 1.09. The Morgan fingerprint density at radius 3 is 2.23 bits per heavy atom. The number of imide groups is 2. The highest BCUT2D eigenvalue weighted by molar-refractivity contribution is 6.23. The highest BCUT2D eigenvalue weighted by Gasteiger charge is 2.46. The molecule has 5 aliphatic heterocycles. The predicted molar refractivity (Wildman–Crippen MR) is 159 cm³/mol. The highest BCUT2D eigenvalue weighted by atomic mass is 19.1. The molecule has 238 valence electrons. The molecule has 1 spiro atoms. The Kier molecular flexibility index (Phi) is 7.92. The zero-order valence-electron chi connectivity index (χ0n) is 25.8. The van der Waals surface area contributed by atoms with E-state index in [1.807, 2.05) is 25.7 Å². The summed E-state index contributed by atoms with van der Waals surface area (Å²) in [6.45, 7) is 10.2. The van der Waals surface area contributed by atoms with Crippen LogP contribution in [0.2, 0.25) is 0 Å². The summed E-state index contributed by atoms with van der Waals surface area (Å²) < 4.78 is 21.1. The van der Waals surface area contributed by atoms with Gasteiger partial charge in [-0.1, -0.05) is 0 Å². The third kappa shape index (κ3) is 5.80. The van der Waals surface area contributed by atoms with Crippen LogP contribution in [0.5, 0.6) is 0 Å². The molecule has 1 unspecified atom stereocenters. The Hall–Kier alpha value is -3.54. The molecule has 0 aromatic heterocycles. The largest absolute Gasteiger partial charge is 0.444 e. The van der Waals surface area contributed by atoms with E-state index in [0.717, 1.165) is 62.6 Å². The molecular formula is C32H42FN5O6. The molecule has 5 heterocycles. The molecule has 11 nitrogen and oxygen atoms in total. The fourth-order valence-electron chi connectivity index (χ4n) is 7.65. The normalized spacial score (nSPS) is 25.0. The van der Waals surface area contributed by atoms with E-state index in [9.17, 15) is 24.0 Å². The van der Waals surface area contributed by atoms with Crippen molar-refractivity contribution in [3.8, 4) is 0 Å². The molecule has 5 amide bonds. The Morgan fingerprint density at radius 1 is 0.932 bits per heavy atom. The first kappa shape index (κ1) is 30.5. The Labute approximate surface area is 257 Å². The van der Waals surface area contributed by atoms with Crippen molar-refractivity contribution in [3.63, 3.8) is 0 Å². The average Bonchev–Trinajstić information content (AvgIpc) is 3.20. The predicted octanol–water partition coefficient (Wildman–Crippen LogP) is 3.31. The summed E-state index contributed by atoms with van der Waals surface area (Å²) in [6.07, 6.45) is 5.61. The van der Waals surface area contributed by atoms with E-state index in [1.165, 1.54) is 6.07 Å². The number of carbonyl (C=O) groups excluding carboxylic acids is 5. The highest BCUT2D eigenvalue weighted by Crippen LogP contribution is 2.43. The maximum Gasteiger partial charge on any atom is 0.410 e. The molecular weight excluding hydrogens is 569 g/mol. The van der Waals surface area contributed by atoms with E-state index in [2.05, 4.69) is 10.2 Å². The third-order valence-electron chi connectivity index (χ3n) is 10.0. The monoisotopic (exact) mass is 611 g/mol. The number of amides is 5. The molecule has 1 atom stereocenters. The Morgan fingerprint density at radius 2 is 1.59 bits per heavy atom. The van der Waals surface area contributed by atoms with E-state index >= 15 is 4.39 Å². The van der Waals surface area contributed by atoms with Crippen LogP contribution in [0.15, 0.2) is 12.1 Å². The van der Waals surface area contributed by atoms with E-state index in [-0.39, 0.29) is 35.5 Å². The van der Waals surface area contributed by atoms with Gasteiger partial charge in [0.15, 0.2) is 0 Å². The number of nitrogens with one attached hydrogen (secondary N) is 1. The van der Waals surface area contributed by atoms with Crippen molar-refractivity contribution in [2.75, 3.05) is 44.2 Å². The third-order valence-corrected chi connectivity index (χ3v) is 10.0. The second-order valence-electron chi connectivity index (χ2n) is 14.1. The van der Waals surface area contributed by atoms with Gasteiger partial charge in [-0.25, -0.2) is 9.18 Å². The van der Waals surface area contributed by atoms with Gasteiger partial charge in [-0.05, 0) is 96.4 Å². The molecule has 44 heavy (non-hydrogen) atoms. The Bertz CT molecular complexity index is 1380. The number of piperidine rings is 4. The van der Waals surface area contributed by atoms with Crippen LogP contribution in [0.25, 0.3) is 0 Å². The molecule has 1 aromatic rings. The first-order valence-corrected chi connectivity index (χ1v) is 15.9. The van der Waals surface area contributed by atoms with Gasteiger partial charge in [-0.3, -0.25) is 29.4 Å². The van der Waals surface area contributed by atoms with Gasteiger partial charge in [0.25, 0.3) is 11.8 Å². The van der Waals surface area contributed by atoms with E-state index in [4.69, 9.17) is 4.74 Å². The summed E-state index contributed by atoms with van der Waals surface area (Å²) in [5.74, 6) is -3.01. The van der Waals surface area contributed by atoms with Gasteiger partial charge in [0, 0.05) is 38.6 Å². The first-order chi connectivity index (χ1) is 20.8. The number of rotatable bonds is 3. The van der Waals surface area contributed by atoms with Crippen LogP contribution < -0.4 is 10.2 Å². The van der Waals surface area contributed by atoms with Crippen LogP contribution in [0.4, 0.5) is 14.9 Å². The molecule has 4 saturated heterocycles. The lowest BCUT2D eigenvalue weighted by Gasteiger charge is -2.50. The van der Waals surface area contributed by atoms with Crippen LogP contribution in [0.1, 0.15) is 92.9 Å². The number of anilines is 1. The van der Waals surface area contributed by atoms with E-state index < -0.39 is 41.1 Å². The summed E-state index contributed by atoms with van der Waals surface area (Å²) in [5.41, 5.74) is -0.0989. The summed E-state index contributed by atoms with van der Waals surface area (Å²) in [7, 11) is 0. The van der Waals surface area contributed by atoms with Crippen LogP contribution in [-0.2, 0) is 14.3 Å². The number of hydrogen-bond acceptors (Lipinski definition) is 8. The fourth-order valence-corrected chi connectivity index (χ4v) is 7.65. The van der Waals surface area contributed by atoms with Crippen LogP contribution in [0.3, 0.4) is 0 Å². The number of likely N-dealkylation sites (tertiary alicyclic amines) is 2. The number of fused-ring (bicyclic) bond motifs is 1. The molecule has 12 heteroatoms. The maximum absolute atomic E-state index is 15.6. The molecule has 5 aliphatic rings. The number of halogens is 1. The summed E-state index contributed by atoms with van der Waals surface area (Å²) in [6, 6.07) is 1.95. The summed E-state index contributed by atoms with van der Waals surface area (Å²) in [4.78, 5) is 70.2. The summed E-state index contributed by atoms with van der Waals surface area (Å²) in [5, 5.41) is 2.19. The SMILES string of the molecule is CC(C)(C)OC(=O)N1CCC(N2CCC3(CCCN(c4cc5c(cc4F)C(=O)N(C4CCC(=O)NC4=O)C5=O)C3)CC2)CC1. The molecule has 4 fully saturated rings. The fraction of sp³-hybridized carbons (Fsp3) is 0.656. The lowest BCUT2D eigenvalue weighted by Crippen LogP contribution is -2.54. The second kappa shape index (κ2) is 11.4. The standard InChI is InChI=1S/C32H42FN5O6/c1-31(2,3)44-30(43)36-13-7-20(8-14-36)35-15-10-32(11-16-35)9-4-12-37(19-32)25-18-22-21(17-23(25)33)28(41)38(29(22)42)24-5-6-26(39)34-27(24)40/h17-18,20,24H,4-16,19H2,1-3H3,(H,34,39,40). The lowest BCUT2D eigenvalue weighted by atomic mass is 9.72. The van der Waals surface area contributed by atoms with Crippen molar-refractivity contribution >= 4 is 35.4 Å². The van der Waals surface area contributed by atoms with Gasteiger partial charge in [0.1, 0.15) is 17.5 Å². The van der Waals surface area contributed by atoms with E-state index in [1.54, 1.807) is 4.90 Å². The molecule has 0 aliphatic carbocycles. The topological polar surface area (TPSA) is 120 Å². The minimum Gasteiger partial charge on any atom is -0.444 e. The zero-order chi connectivity index (χ0) is 31.4. The number of hydrogen-bond donors (Lipinski definition) is 1. The van der Waals surface area contributed by atoms with Crippen molar-refractivity contribution in [2.24, 2.45) is 5.41 Å². The zero-order valence-corrected chi connectivity index (χ0v) is 25.8. The van der Waals surface area contributed by atoms with Crippen LogP contribution >= 0.6 is 0 Å². The first-order valence-electron chi connectivity index (χ1n) is 15.9. The van der Waals surface area contributed by atoms with Crippen molar-refractivity contribution < 1.29 is 33.1 Å². The molecule has 1 aromatic carbocycles. The van der Waals surface area contributed by atoms with Gasteiger partial charge in [-0.15, -0.1) is 0 Å². The smallest absolute Gasteiger partial charge is 0.410 e. The molecule has 6 rings (SSSR count). The maximum atomic E-state index is 15.6. The molecule has 1 N–H and O–H groups in total. The molecule has 0 radical (unpaired) electrons. The number of nitrogens with zero attached hydrogens (tertiary/aromatic N) is 4. The number of carbonyl (C=O) groups is 5. The number of benzene rings is 1. The minimum atomic E-state index is -1.08. The second-order valence-corrected chi connectivity index (χ2v) is 14.1. The minimum absolute atomic E-state index is 0.0297. The van der Waals surface area contributed by atoms with Gasteiger partial charge in [0.2, 0.25) is 11.8 Å². The van der Waals surface area contributed by atoms with E-state index in [0.29, 0.717) is 37.9 Å². The number of ether oxygens (including phenoxy) is 1. The van der Waals surface area contributed by atoms with Gasteiger partial charge >= 0.3 is 6.09 Å². The molecule has 0 saturated carbocycles.